The highest BCUT2D eigenvalue weighted by molar-refractivity contribution is 7.20. The number of carboxylic acids is 1. The Bertz CT molecular complexity index is 904. The molecule has 3 rings (SSSR count). The SMILES string of the molecule is Cc1c(C(=O)O)sc2nc(/C=C/c3ccsc3)[nH]c(=O)c12. The third kappa shape index (κ3) is 2.53. The van der Waals surface area contributed by atoms with Crippen LogP contribution in [0.15, 0.2) is 21.6 Å². The van der Waals surface area contributed by atoms with Gasteiger partial charge in [-0.2, -0.15) is 11.3 Å². The molecule has 0 atom stereocenters. The summed E-state index contributed by atoms with van der Waals surface area (Å²) in [6, 6.07) is 1.95. The zero-order chi connectivity index (χ0) is 15.0. The normalized spacial score (nSPS) is 11.5. The monoisotopic (exact) mass is 318 g/mol. The number of thiophene rings is 2. The molecule has 0 unspecified atom stereocenters. The molecule has 7 heteroatoms. The lowest BCUT2D eigenvalue weighted by Crippen LogP contribution is -2.09. The van der Waals surface area contributed by atoms with E-state index < -0.39 is 5.97 Å². The Morgan fingerprint density at radius 2 is 2.24 bits per heavy atom. The van der Waals surface area contributed by atoms with E-state index in [1.165, 1.54) is 0 Å². The van der Waals surface area contributed by atoms with Crippen molar-refractivity contribution in [2.45, 2.75) is 6.92 Å². The number of rotatable bonds is 3. The number of hydrogen-bond acceptors (Lipinski definition) is 5. The summed E-state index contributed by atoms with van der Waals surface area (Å²) >= 11 is 2.60. The zero-order valence-corrected chi connectivity index (χ0v) is 12.5. The first-order valence-corrected chi connectivity index (χ1v) is 7.79. The van der Waals surface area contributed by atoms with Crippen LogP contribution in [-0.4, -0.2) is 21.0 Å². The second kappa shape index (κ2) is 5.27. The van der Waals surface area contributed by atoms with E-state index in [0.717, 1.165) is 16.9 Å². The van der Waals surface area contributed by atoms with Gasteiger partial charge in [0.25, 0.3) is 5.56 Å². The predicted molar refractivity (Wildman–Crippen MR) is 85.2 cm³/mol. The van der Waals surface area contributed by atoms with Crippen molar-refractivity contribution < 1.29 is 9.90 Å². The number of aryl methyl sites for hydroxylation is 1. The molecule has 3 heterocycles. The van der Waals surface area contributed by atoms with Gasteiger partial charge in [-0.05, 0) is 41.0 Å². The van der Waals surface area contributed by atoms with E-state index in [1.807, 2.05) is 22.9 Å². The second-order valence-electron chi connectivity index (χ2n) is 4.38. The highest BCUT2D eigenvalue weighted by Gasteiger charge is 2.18. The van der Waals surface area contributed by atoms with Gasteiger partial charge in [-0.3, -0.25) is 4.79 Å². The second-order valence-corrected chi connectivity index (χ2v) is 6.16. The Morgan fingerprint density at radius 3 is 2.90 bits per heavy atom. The number of fused-ring (bicyclic) bond motifs is 1. The number of aromatic amines is 1. The lowest BCUT2D eigenvalue weighted by molar-refractivity contribution is 0.0701. The predicted octanol–water partition coefficient (Wildman–Crippen LogP) is 3.22. The van der Waals surface area contributed by atoms with Gasteiger partial charge in [-0.25, -0.2) is 9.78 Å². The molecule has 3 aromatic heterocycles. The number of H-pyrrole nitrogens is 1. The third-order valence-electron chi connectivity index (χ3n) is 2.99. The molecule has 0 aromatic carbocycles. The van der Waals surface area contributed by atoms with Gasteiger partial charge < -0.3 is 10.1 Å². The molecule has 2 N–H and O–H groups in total. The summed E-state index contributed by atoms with van der Waals surface area (Å²) in [4.78, 5) is 30.8. The Balaban J connectivity index is 2.11. The number of aromatic carboxylic acids is 1. The number of nitrogens with one attached hydrogen (secondary N) is 1. The summed E-state index contributed by atoms with van der Waals surface area (Å²) in [6.45, 7) is 1.63. The van der Waals surface area contributed by atoms with E-state index in [-0.39, 0.29) is 10.4 Å². The van der Waals surface area contributed by atoms with Crippen molar-refractivity contribution in [3.63, 3.8) is 0 Å². The van der Waals surface area contributed by atoms with Crippen molar-refractivity contribution in [1.82, 2.24) is 9.97 Å². The van der Waals surface area contributed by atoms with Crippen molar-refractivity contribution in [3.8, 4) is 0 Å². The minimum absolute atomic E-state index is 0.155. The van der Waals surface area contributed by atoms with E-state index >= 15 is 0 Å². The molecule has 0 aliphatic carbocycles. The van der Waals surface area contributed by atoms with Crippen molar-refractivity contribution in [3.05, 3.63) is 49.0 Å². The Morgan fingerprint density at radius 1 is 1.43 bits per heavy atom. The Kier molecular flexibility index (Phi) is 3.44. The number of aromatic nitrogens is 2. The van der Waals surface area contributed by atoms with E-state index in [4.69, 9.17) is 5.11 Å². The largest absolute Gasteiger partial charge is 0.477 e. The molecule has 0 amide bonds. The van der Waals surface area contributed by atoms with Gasteiger partial charge in [0.2, 0.25) is 0 Å². The zero-order valence-electron chi connectivity index (χ0n) is 10.9. The van der Waals surface area contributed by atoms with Crippen molar-refractivity contribution in [2.24, 2.45) is 0 Å². The van der Waals surface area contributed by atoms with Crippen LogP contribution in [0.1, 0.15) is 26.6 Å². The molecule has 0 aliphatic rings. The van der Waals surface area contributed by atoms with Crippen LogP contribution in [0.2, 0.25) is 0 Å². The molecular formula is C14H10N2O3S2. The molecule has 0 saturated heterocycles. The van der Waals surface area contributed by atoms with E-state index in [9.17, 15) is 9.59 Å². The third-order valence-corrected chi connectivity index (χ3v) is 4.87. The molecule has 3 aromatic rings. The van der Waals surface area contributed by atoms with Crippen LogP contribution >= 0.6 is 22.7 Å². The van der Waals surface area contributed by atoms with Crippen LogP contribution in [0.5, 0.6) is 0 Å². The van der Waals surface area contributed by atoms with Gasteiger partial charge in [0.1, 0.15) is 15.5 Å². The number of nitrogens with zero attached hydrogens (tertiary/aromatic N) is 1. The quantitative estimate of drug-likeness (QED) is 0.776. The Hall–Kier alpha value is -2.25. The summed E-state index contributed by atoms with van der Waals surface area (Å²) in [6.07, 6.45) is 3.55. The molecule has 5 nitrogen and oxygen atoms in total. The fourth-order valence-corrected chi connectivity index (χ4v) is 3.64. The minimum atomic E-state index is -1.04. The first kappa shape index (κ1) is 13.7. The molecule has 0 spiro atoms. The Labute approximate surface area is 127 Å². The molecule has 0 saturated carbocycles. The molecule has 0 fully saturated rings. The molecule has 0 aliphatic heterocycles. The fourth-order valence-electron chi connectivity index (χ4n) is 1.99. The maximum absolute atomic E-state index is 12.1. The van der Waals surface area contributed by atoms with E-state index in [2.05, 4.69) is 9.97 Å². The van der Waals surface area contributed by atoms with Gasteiger partial charge in [-0.15, -0.1) is 11.3 Å². The average Bonchev–Trinajstić information content (AvgIpc) is 3.04. The number of carbonyl (C=O) groups is 1. The standard InChI is InChI=1S/C14H10N2O3S2/c1-7-10-12(17)15-9(3-2-8-4-5-20-6-8)16-13(10)21-11(7)14(18)19/h2-6H,1H3,(H,18,19)(H,15,16,17)/b3-2+. The minimum Gasteiger partial charge on any atom is -0.477 e. The van der Waals surface area contributed by atoms with Crippen LogP contribution in [0.3, 0.4) is 0 Å². The smallest absolute Gasteiger partial charge is 0.346 e. The van der Waals surface area contributed by atoms with Gasteiger partial charge in [0.15, 0.2) is 0 Å². The summed E-state index contributed by atoms with van der Waals surface area (Å²) in [5.41, 5.74) is 1.17. The fraction of sp³-hybridized carbons (Fsp3) is 0.0714. The summed E-state index contributed by atoms with van der Waals surface area (Å²) in [7, 11) is 0. The van der Waals surface area contributed by atoms with Crippen molar-refractivity contribution in [1.29, 1.82) is 0 Å². The topological polar surface area (TPSA) is 83.0 Å². The average molecular weight is 318 g/mol. The highest BCUT2D eigenvalue weighted by Crippen LogP contribution is 2.26. The lowest BCUT2D eigenvalue weighted by Gasteiger charge is -1.95. The molecule has 106 valence electrons. The van der Waals surface area contributed by atoms with Crippen LogP contribution in [0.4, 0.5) is 0 Å². The summed E-state index contributed by atoms with van der Waals surface area (Å²) < 4.78 is 0. The van der Waals surface area contributed by atoms with Crippen LogP contribution < -0.4 is 5.56 Å². The molecule has 0 bridgehead atoms. The first-order valence-electron chi connectivity index (χ1n) is 6.03. The maximum atomic E-state index is 12.1. The molecule has 21 heavy (non-hydrogen) atoms. The van der Waals surface area contributed by atoms with Gasteiger partial charge in [0, 0.05) is 0 Å². The van der Waals surface area contributed by atoms with Crippen molar-refractivity contribution in [2.75, 3.05) is 0 Å². The van der Waals surface area contributed by atoms with Crippen molar-refractivity contribution >= 4 is 51.0 Å². The van der Waals surface area contributed by atoms with Gasteiger partial charge in [-0.1, -0.05) is 6.08 Å². The highest BCUT2D eigenvalue weighted by atomic mass is 32.1. The maximum Gasteiger partial charge on any atom is 0.346 e. The van der Waals surface area contributed by atoms with Gasteiger partial charge >= 0.3 is 5.97 Å². The van der Waals surface area contributed by atoms with Crippen LogP contribution in [0, 0.1) is 6.92 Å². The van der Waals surface area contributed by atoms with Crippen LogP contribution in [0.25, 0.3) is 22.4 Å². The van der Waals surface area contributed by atoms with E-state index in [0.29, 0.717) is 21.6 Å². The molecular weight excluding hydrogens is 308 g/mol. The number of carboxylic acid groups (broad SMARTS) is 1. The van der Waals surface area contributed by atoms with E-state index in [1.54, 1.807) is 24.3 Å². The summed E-state index contributed by atoms with van der Waals surface area (Å²) in [5, 5.41) is 13.4. The van der Waals surface area contributed by atoms with Gasteiger partial charge in [0.05, 0.1) is 5.39 Å². The van der Waals surface area contributed by atoms with Crippen LogP contribution in [-0.2, 0) is 0 Å². The first-order chi connectivity index (χ1) is 10.1. The summed E-state index contributed by atoms with van der Waals surface area (Å²) in [5.74, 6) is -0.623. The number of hydrogen-bond donors (Lipinski definition) is 2. The lowest BCUT2D eigenvalue weighted by atomic mass is 10.2. The molecule has 0 radical (unpaired) electrons.